The quantitative estimate of drug-likeness (QED) is 0.148. The van der Waals surface area contributed by atoms with Gasteiger partial charge in [0.05, 0.1) is 43.2 Å². The molecule has 7 rings (SSSR count). The highest BCUT2D eigenvalue weighted by Gasteiger charge is 2.37. The topological polar surface area (TPSA) is 93.3 Å². The van der Waals surface area contributed by atoms with Crippen LogP contribution in [0.4, 0.5) is 0 Å². The average Bonchev–Trinajstić information content (AvgIpc) is 3.67. The second-order valence-electron chi connectivity index (χ2n) is 12.0. The van der Waals surface area contributed by atoms with Crippen LogP contribution < -0.4 is 29.1 Å². The van der Waals surface area contributed by atoms with E-state index in [1.165, 1.54) is 16.9 Å². The molecule has 51 heavy (non-hydrogen) atoms. The average molecular weight is 700 g/mol. The first-order valence-electron chi connectivity index (χ1n) is 16.7. The number of methoxy groups -OCH3 is 2. The van der Waals surface area contributed by atoms with Crippen molar-refractivity contribution < 1.29 is 23.7 Å². The summed E-state index contributed by atoms with van der Waals surface area (Å²) < 4.78 is 27.2. The van der Waals surface area contributed by atoms with Gasteiger partial charge in [0.25, 0.3) is 5.56 Å². The number of thiazole rings is 1. The van der Waals surface area contributed by atoms with E-state index in [1.807, 2.05) is 92.0 Å². The summed E-state index contributed by atoms with van der Waals surface area (Å²) in [6, 6.07) is 30.0. The number of nitrogens with zero attached hydrogens (tertiary/aromatic N) is 3. The summed E-state index contributed by atoms with van der Waals surface area (Å²) in [5, 5.41) is 1.00. The smallest absolute Gasteiger partial charge is 0.338 e. The molecule has 0 radical (unpaired) electrons. The van der Waals surface area contributed by atoms with Crippen LogP contribution in [0.25, 0.3) is 22.7 Å². The molecule has 0 saturated heterocycles. The van der Waals surface area contributed by atoms with Crippen molar-refractivity contribution in [2.45, 2.75) is 26.4 Å². The summed E-state index contributed by atoms with van der Waals surface area (Å²) in [6.07, 6.45) is 3.95. The van der Waals surface area contributed by atoms with Gasteiger partial charge in [-0.05, 0) is 56.3 Å². The molecular formula is C41H37N3O6S. The van der Waals surface area contributed by atoms with E-state index in [-0.39, 0.29) is 17.7 Å². The maximum atomic E-state index is 14.6. The largest absolute Gasteiger partial charge is 0.497 e. The molecule has 1 aliphatic heterocycles. The second kappa shape index (κ2) is 14.5. The minimum atomic E-state index is -0.914. The monoisotopic (exact) mass is 699 g/mol. The van der Waals surface area contributed by atoms with E-state index in [1.54, 1.807) is 43.9 Å². The van der Waals surface area contributed by atoms with Crippen LogP contribution in [-0.4, -0.2) is 42.5 Å². The third-order valence-electron chi connectivity index (χ3n) is 8.83. The molecule has 6 aromatic rings. The molecule has 0 saturated carbocycles. The number of esters is 1. The third-order valence-corrected chi connectivity index (χ3v) is 9.82. The van der Waals surface area contributed by atoms with Gasteiger partial charge >= 0.3 is 5.97 Å². The number of rotatable bonds is 11. The van der Waals surface area contributed by atoms with Crippen molar-refractivity contribution >= 4 is 40.0 Å². The van der Waals surface area contributed by atoms with Crippen molar-refractivity contribution in [3.63, 3.8) is 0 Å². The van der Waals surface area contributed by atoms with Crippen molar-refractivity contribution in [3.05, 3.63) is 151 Å². The fourth-order valence-corrected chi connectivity index (χ4v) is 7.39. The summed E-state index contributed by atoms with van der Waals surface area (Å²) in [7, 11) is 3.13. The fourth-order valence-electron chi connectivity index (χ4n) is 6.40. The normalized spacial score (nSPS) is 14.3. The van der Waals surface area contributed by atoms with E-state index in [9.17, 15) is 9.59 Å². The highest BCUT2D eigenvalue weighted by Crippen LogP contribution is 2.40. The summed E-state index contributed by atoms with van der Waals surface area (Å²) in [6.45, 7) is 5.04. The van der Waals surface area contributed by atoms with E-state index in [0.29, 0.717) is 45.2 Å². The molecule has 0 N–H and O–H groups in total. The molecule has 1 atom stereocenters. The third kappa shape index (κ3) is 6.58. The SMILES string of the molecule is CCOC(=O)C1=C(c2ccccc2)N=c2s/c(=C\c3cn(CCOc4ccc(C)cc4)c4ccccc34)c(=O)n2[C@@H]1c1cc(OC)ccc1OC. The summed E-state index contributed by atoms with van der Waals surface area (Å²) >= 11 is 1.27. The molecule has 3 heterocycles. The Labute approximate surface area is 298 Å². The predicted molar refractivity (Wildman–Crippen MR) is 199 cm³/mol. The van der Waals surface area contributed by atoms with Crippen LogP contribution in [0.1, 0.15) is 35.2 Å². The molecule has 258 valence electrons. The van der Waals surface area contributed by atoms with Gasteiger partial charge in [-0.1, -0.05) is 77.6 Å². The number of fused-ring (bicyclic) bond motifs is 2. The zero-order valence-electron chi connectivity index (χ0n) is 28.8. The van der Waals surface area contributed by atoms with Gasteiger partial charge in [-0.3, -0.25) is 9.36 Å². The van der Waals surface area contributed by atoms with Crippen LogP contribution in [0.5, 0.6) is 17.2 Å². The summed E-state index contributed by atoms with van der Waals surface area (Å²) in [5.41, 5.74) is 4.76. The number of carbonyl (C=O) groups is 1. The molecule has 0 fully saturated rings. The fraction of sp³-hybridized carbons (Fsp3) is 0.195. The van der Waals surface area contributed by atoms with Gasteiger partial charge in [0.2, 0.25) is 0 Å². The maximum absolute atomic E-state index is 14.6. The first-order chi connectivity index (χ1) is 24.9. The number of aryl methyl sites for hydroxylation is 1. The standard InChI is InChI=1S/C41H37N3O6S/c1-5-49-40(46)36-37(27-11-7-6-8-12-27)42-41-44(38(36)32-24-30(47-3)19-20-34(32)48-4)39(45)35(51-41)23-28-25-43(33-14-10-9-13-31(28)33)21-22-50-29-17-15-26(2)16-18-29/h6-20,23-25,38H,5,21-22H2,1-4H3/b35-23-/t38-/m1/s1. The lowest BCUT2D eigenvalue weighted by Crippen LogP contribution is -2.40. The number of ether oxygens (including phenoxy) is 4. The van der Waals surface area contributed by atoms with Crippen molar-refractivity contribution in [1.29, 1.82) is 0 Å². The van der Waals surface area contributed by atoms with Crippen LogP contribution in [0.3, 0.4) is 0 Å². The summed E-state index contributed by atoms with van der Waals surface area (Å²) in [5.74, 6) is 1.29. The number of carbonyl (C=O) groups excluding carboxylic acids is 1. The Kier molecular flexibility index (Phi) is 9.59. The molecule has 10 heteroatoms. The van der Waals surface area contributed by atoms with Gasteiger partial charge in [0, 0.05) is 33.8 Å². The Hall–Kier alpha value is -5.87. The lowest BCUT2D eigenvalue weighted by atomic mass is 9.92. The maximum Gasteiger partial charge on any atom is 0.338 e. The minimum Gasteiger partial charge on any atom is -0.497 e. The highest BCUT2D eigenvalue weighted by molar-refractivity contribution is 7.07. The van der Waals surface area contributed by atoms with Crippen LogP contribution in [0, 0.1) is 6.92 Å². The molecule has 1 aliphatic rings. The number of para-hydroxylation sites is 1. The van der Waals surface area contributed by atoms with Gasteiger partial charge in [-0.25, -0.2) is 9.79 Å². The number of hydrogen-bond donors (Lipinski definition) is 0. The molecule has 0 spiro atoms. The van der Waals surface area contributed by atoms with Crippen LogP contribution in [-0.2, 0) is 16.1 Å². The Morgan fingerprint density at radius 2 is 1.67 bits per heavy atom. The molecule has 2 aromatic heterocycles. The van der Waals surface area contributed by atoms with E-state index >= 15 is 0 Å². The zero-order chi connectivity index (χ0) is 35.5. The van der Waals surface area contributed by atoms with E-state index in [2.05, 4.69) is 10.6 Å². The molecule has 4 aromatic carbocycles. The Balaban J connectivity index is 1.40. The first-order valence-corrected chi connectivity index (χ1v) is 17.5. The second-order valence-corrected chi connectivity index (χ2v) is 13.0. The molecule has 0 bridgehead atoms. The zero-order valence-corrected chi connectivity index (χ0v) is 29.6. The van der Waals surface area contributed by atoms with Crippen LogP contribution in [0.15, 0.2) is 119 Å². The van der Waals surface area contributed by atoms with Gasteiger partial charge in [0.15, 0.2) is 4.80 Å². The molecule has 9 nitrogen and oxygen atoms in total. The molecule has 0 aliphatic carbocycles. The van der Waals surface area contributed by atoms with Gasteiger partial charge < -0.3 is 23.5 Å². The Bertz CT molecular complexity index is 2440. The predicted octanol–water partition coefficient (Wildman–Crippen LogP) is 6.29. The van der Waals surface area contributed by atoms with Gasteiger partial charge in [-0.2, -0.15) is 0 Å². The van der Waals surface area contributed by atoms with Crippen molar-refractivity contribution in [2.75, 3.05) is 27.4 Å². The lowest BCUT2D eigenvalue weighted by Gasteiger charge is -2.27. The Morgan fingerprint density at radius 1 is 0.922 bits per heavy atom. The number of aromatic nitrogens is 2. The van der Waals surface area contributed by atoms with Gasteiger partial charge in [-0.15, -0.1) is 0 Å². The lowest BCUT2D eigenvalue weighted by molar-refractivity contribution is -0.138. The van der Waals surface area contributed by atoms with Crippen molar-refractivity contribution in [2.24, 2.45) is 4.99 Å². The first kappa shape index (κ1) is 33.6. The molecule has 0 amide bonds. The molecular weight excluding hydrogens is 663 g/mol. The Morgan fingerprint density at radius 3 is 2.41 bits per heavy atom. The van der Waals surface area contributed by atoms with Crippen molar-refractivity contribution in [3.8, 4) is 17.2 Å². The summed E-state index contributed by atoms with van der Waals surface area (Å²) in [4.78, 5) is 34.0. The number of benzene rings is 4. The van der Waals surface area contributed by atoms with Crippen molar-refractivity contribution in [1.82, 2.24) is 9.13 Å². The van der Waals surface area contributed by atoms with Gasteiger partial charge in [0.1, 0.15) is 29.9 Å². The molecule has 0 unspecified atom stereocenters. The number of hydrogen-bond acceptors (Lipinski definition) is 8. The minimum absolute atomic E-state index is 0.150. The van der Waals surface area contributed by atoms with E-state index < -0.39 is 12.0 Å². The van der Waals surface area contributed by atoms with E-state index in [0.717, 1.165) is 27.8 Å². The van der Waals surface area contributed by atoms with Crippen LogP contribution in [0.2, 0.25) is 0 Å². The van der Waals surface area contributed by atoms with Crippen LogP contribution >= 0.6 is 11.3 Å². The highest BCUT2D eigenvalue weighted by atomic mass is 32.1. The van der Waals surface area contributed by atoms with E-state index in [4.69, 9.17) is 23.9 Å².